The molecule has 0 aliphatic rings. The lowest BCUT2D eigenvalue weighted by atomic mass is 10.2. The summed E-state index contributed by atoms with van der Waals surface area (Å²) in [6.07, 6.45) is -0.316. The molecule has 0 saturated heterocycles. The molecule has 0 bridgehead atoms. The van der Waals surface area contributed by atoms with Gasteiger partial charge >= 0.3 is 0 Å². The van der Waals surface area contributed by atoms with Crippen LogP contribution in [0.5, 0.6) is 11.5 Å². The summed E-state index contributed by atoms with van der Waals surface area (Å²) in [4.78, 5) is 12.8. The van der Waals surface area contributed by atoms with Crippen molar-refractivity contribution in [2.75, 3.05) is 12.4 Å². The van der Waals surface area contributed by atoms with E-state index in [1.165, 1.54) is 11.8 Å². The molecule has 0 spiro atoms. The predicted molar refractivity (Wildman–Crippen MR) is 128 cm³/mol. The van der Waals surface area contributed by atoms with E-state index in [0.717, 1.165) is 22.7 Å². The summed E-state index contributed by atoms with van der Waals surface area (Å²) >= 11 is 1.39. The predicted octanol–water partition coefficient (Wildman–Crippen LogP) is 5.44. The standard InChI is InChI=1S/C24H30N4O3S/c1-15(2)28-22(17(4)31-20-13-11-19(30-6)12-14-20)26-27-24(28)32-18(5)23(29)25-21-10-8-7-9-16(21)3/h7-15,17-18H,1-6H3,(H,25,29). The molecular weight excluding hydrogens is 424 g/mol. The minimum absolute atomic E-state index is 0.0771. The number of hydrogen-bond acceptors (Lipinski definition) is 6. The van der Waals surface area contributed by atoms with Crippen molar-refractivity contribution in [1.29, 1.82) is 0 Å². The normalized spacial score (nSPS) is 13.0. The molecule has 1 amide bonds. The van der Waals surface area contributed by atoms with Gasteiger partial charge in [-0.2, -0.15) is 0 Å². The highest BCUT2D eigenvalue weighted by Gasteiger charge is 2.25. The lowest BCUT2D eigenvalue weighted by Crippen LogP contribution is -2.23. The Labute approximate surface area is 193 Å². The van der Waals surface area contributed by atoms with Gasteiger partial charge < -0.3 is 19.4 Å². The van der Waals surface area contributed by atoms with Gasteiger partial charge in [0.05, 0.1) is 12.4 Å². The number of aryl methyl sites for hydroxylation is 1. The van der Waals surface area contributed by atoms with Crippen LogP contribution < -0.4 is 14.8 Å². The first kappa shape index (κ1) is 23.7. The average Bonchev–Trinajstić information content (AvgIpc) is 3.19. The zero-order valence-corrected chi connectivity index (χ0v) is 20.1. The van der Waals surface area contributed by atoms with Crippen molar-refractivity contribution < 1.29 is 14.3 Å². The van der Waals surface area contributed by atoms with Crippen molar-refractivity contribution in [1.82, 2.24) is 14.8 Å². The molecule has 0 saturated carbocycles. The lowest BCUT2D eigenvalue weighted by molar-refractivity contribution is -0.115. The molecule has 8 heteroatoms. The Kier molecular flexibility index (Phi) is 7.80. The fourth-order valence-corrected chi connectivity index (χ4v) is 4.19. The first-order chi connectivity index (χ1) is 15.3. The van der Waals surface area contributed by atoms with E-state index in [4.69, 9.17) is 9.47 Å². The van der Waals surface area contributed by atoms with E-state index in [1.807, 2.05) is 73.9 Å². The Morgan fingerprint density at radius 3 is 2.28 bits per heavy atom. The third-order valence-corrected chi connectivity index (χ3v) is 6.05. The number of hydrogen-bond donors (Lipinski definition) is 1. The number of para-hydroxylation sites is 1. The van der Waals surface area contributed by atoms with Crippen molar-refractivity contribution >= 4 is 23.4 Å². The number of methoxy groups -OCH3 is 1. The summed E-state index contributed by atoms with van der Waals surface area (Å²) in [6, 6.07) is 15.3. The van der Waals surface area contributed by atoms with Crippen LogP contribution in [-0.2, 0) is 4.79 Å². The van der Waals surface area contributed by atoms with Crippen LogP contribution in [0.2, 0.25) is 0 Å². The van der Waals surface area contributed by atoms with Gasteiger partial charge in [-0.05, 0) is 70.5 Å². The largest absolute Gasteiger partial charge is 0.497 e. The van der Waals surface area contributed by atoms with E-state index in [9.17, 15) is 4.79 Å². The van der Waals surface area contributed by atoms with Crippen LogP contribution in [-0.4, -0.2) is 33.0 Å². The third kappa shape index (κ3) is 5.62. The van der Waals surface area contributed by atoms with E-state index in [0.29, 0.717) is 11.0 Å². The number of aromatic nitrogens is 3. The summed E-state index contributed by atoms with van der Waals surface area (Å²) < 4.78 is 13.3. The molecule has 0 aliphatic carbocycles. The first-order valence-corrected chi connectivity index (χ1v) is 11.5. The number of carbonyl (C=O) groups is 1. The van der Waals surface area contributed by atoms with Gasteiger partial charge in [-0.1, -0.05) is 30.0 Å². The van der Waals surface area contributed by atoms with Gasteiger partial charge in [0.1, 0.15) is 11.5 Å². The summed E-state index contributed by atoms with van der Waals surface area (Å²) in [5.74, 6) is 2.13. The number of thioether (sulfide) groups is 1. The van der Waals surface area contributed by atoms with Gasteiger partial charge in [-0.3, -0.25) is 4.79 Å². The van der Waals surface area contributed by atoms with Crippen LogP contribution in [0.1, 0.15) is 51.2 Å². The number of carbonyl (C=O) groups excluding carboxylic acids is 1. The second-order valence-corrected chi connectivity index (χ2v) is 9.11. The van der Waals surface area contributed by atoms with E-state index >= 15 is 0 Å². The van der Waals surface area contributed by atoms with E-state index in [2.05, 4.69) is 29.4 Å². The van der Waals surface area contributed by atoms with Gasteiger partial charge in [0, 0.05) is 11.7 Å². The van der Waals surface area contributed by atoms with Crippen molar-refractivity contribution in [3.63, 3.8) is 0 Å². The quantitative estimate of drug-likeness (QED) is 0.434. The highest BCUT2D eigenvalue weighted by Crippen LogP contribution is 2.30. The molecule has 0 aliphatic heterocycles. The molecular formula is C24H30N4O3S. The second kappa shape index (κ2) is 10.5. The fraction of sp³-hybridized carbons (Fsp3) is 0.375. The summed E-state index contributed by atoms with van der Waals surface area (Å²) in [7, 11) is 1.63. The molecule has 1 aromatic heterocycles. The Bertz CT molecular complexity index is 1050. The molecule has 32 heavy (non-hydrogen) atoms. The number of amides is 1. The number of nitrogens with zero attached hydrogens (tertiary/aromatic N) is 3. The fourth-order valence-electron chi connectivity index (χ4n) is 3.20. The molecule has 1 heterocycles. The highest BCUT2D eigenvalue weighted by molar-refractivity contribution is 8.00. The van der Waals surface area contributed by atoms with Gasteiger partial charge in [-0.25, -0.2) is 0 Å². The molecule has 7 nitrogen and oxygen atoms in total. The van der Waals surface area contributed by atoms with Crippen LogP contribution in [0.4, 0.5) is 5.69 Å². The molecule has 2 atom stereocenters. The number of nitrogens with one attached hydrogen (secondary N) is 1. The summed E-state index contributed by atoms with van der Waals surface area (Å²) in [6.45, 7) is 9.91. The Balaban J connectivity index is 1.73. The van der Waals surface area contributed by atoms with Crippen LogP contribution in [0, 0.1) is 6.92 Å². The maximum Gasteiger partial charge on any atom is 0.237 e. The molecule has 0 fully saturated rings. The Hall–Kier alpha value is -3.00. The maximum absolute atomic E-state index is 12.8. The van der Waals surface area contributed by atoms with Crippen LogP contribution in [0.3, 0.4) is 0 Å². The zero-order valence-electron chi connectivity index (χ0n) is 19.3. The number of anilines is 1. The van der Waals surface area contributed by atoms with Crippen molar-refractivity contribution in [2.45, 2.75) is 57.2 Å². The molecule has 2 unspecified atom stereocenters. The van der Waals surface area contributed by atoms with E-state index < -0.39 is 0 Å². The second-order valence-electron chi connectivity index (χ2n) is 7.80. The lowest BCUT2D eigenvalue weighted by Gasteiger charge is -2.20. The Morgan fingerprint density at radius 1 is 1.00 bits per heavy atom. The molecule has 170 valence electrons. The van der Waals surface area contributed by atoms with Crippen molar-refractivity contribution in [3.8, 4) is 11.5 Å². The van der Waals surface area contributed by atoms with Crippen LogP contribution in [0.25, 0.3) is 0 Å². The number of ether oxygens (including phenoxy) is 2. The Morgan fingerprint density at radius 2 is 1.66 bits per heavy atom. The van der Waals surface area contributed by atoms with Gasteiger partial charge in [0.15, 0.2) is 17.1 Å². The molecule has 3 rings (SSSR count). The van der Waals surface area contributed by atoms with Gasteiger partial charge in [0.2, 0.25) is 5.91 Å². The third-order valence-electron chi connectivity index (χ3n) is 5.00. The molecule has 2 aromatic carbocycles. The molecule has 3 aromatic rings. The monoisotopic (exact) mass is 454 g/mol. The topological polar surface area (TPSA) is 78.3 Å². The SMILES string of the molecule is COc1ccc(OC(C)c2nnc(SC(C)C(=O)Nc3ccccc3C)n2C(C)C)cc1. The smallest absolute Gasteiger partial charge is 0.237 e. The van der Waals surface area contributed by atoms with Crippen molar-refractivity contribution in [2.24, 2.45) is 0 Å². The van der Waals surface area contributed by atoms with Gasteiger partial charge in [0.25, 0.3) is 0 Å². The minimum Gasteiger partial charge on any atom is -0.497 e. The summed E-state index contributed by atoms with van der Waals surface area (Å²) in [5.41, 5.74) is 1.84. The van der Waals surface area contributed by atoms with Crippen LogP contribution in [0.15, 0.2) is 53.7 Å². The van der Waals surface area contributed by atoms with Crippen molar-refractivity contribution in [3.05, 3.63) is 59.9 Å². The van der Waals surface area contributed by atoms with Crippen LogP contribution >= 0.6 is 11.8 Å². The average molecular weight is 455 g/mol. The van der Waals surface area contributed by atoms with Gasteiger partial charge in [-0.15, -0.1) is 10.2 Å². The summed E-state index contributed by atoms with van der Waals surface area (Å²) in [5, 5.41) is 12.1. The maximum atomic E-state index is 12.8. The zero-order chi connectivity index (χ0) is 23.3. The van der Waals surface area contributed by atoms with E-state index in [-0.39, 0.29) is 23.3 Å². The number of benzene rings is 2. The molecule has 0 radical (unpaired) electrons. The minimum atomic E-state index is -0.345. The van der Waals surface area contributed by atoms with E-state index in [1.54, 1.807) is 7.11 Å². The molecule has 1 N–H and O–H groups in total. The highest BCUT2D eigenvalue weighted by atomic mass is 32.2. The first-order valence-electron chi connectivity index (χ1n) is 10.6. The number of rotatable bonds is 9.